The van der Waals surface area contributed by atoms with Gasteiger partial charge in [0.15, 0.2) is 6.61 Å². The molecule has 0 saturated carbocycles. The van der Waals surface area contributed by atoms with Crippen molar-refractivity contribution in [1.82, 2.24) is 4.90 Å². The fourth-order valence-electron chi connectivity index (χ4n) is 2.72. The summed E-state index contributed by atoms with van der Waals surface area (Å²) in [6.07, 6.45) is -2.64. The molecule has 0 unspecified atom stereocenters. The quantitative estimate of drug-likeness (QED) is 0.903. The molecule has 2 atom stereocenters. The summed E-state index contributed by atoms with van der Waals surface area (Å²) in [5.41, 5.74) is 6.34. The van der Waals surface area contributed by atoms with Crippen molar-refractivity contribution in [3.05, 3.63) is 29.8 Å². The van der Waals surface area contributed by atoms with E-state index >= 15 is 0 Å². The second-order valence-electron chi connectivity index (χ2n) is 6.00. The Morgan fingerprint density at radius 1 is 1.30 bits per heavy atom. The highest BCUT2D eigenvalue weighted by Gasteiger charge is 2.29. The number of carbonyl (C=O) groups excluding carboxylic acids is 1. The summed E-state index contributed by atoms with van der Waals surface area (Å²) in [5, 5.41) is 0. The summed E-state index contributed by atoms with van der Waals surface area (Å²) in [6.45, 7) is 2.04. The van der Waals surface area contributed by atoms with Gasteiger partial charge >= 0.3 is 6.18 Å². The van der Waals surface area contributed by atoms with Crippen LogP contribution < -0.4 is 10.5 Å². The number of hydrogen-bond acceptors (Lipinski definition) is 3. The molecule has 128 valence electrons. The van der Waals surface area contributed by atoms with Gasteiger partial charge in [0.1, 0.15) is 5.75 Å². The molecule has 0 radical (unpaired) electrons. The van der Waals surface area contributed by atoms with Crippen LogP contribution in [0.2, 0.25) is 0 Å². The number of nitrogens with two attached hydrogens (primary N) is 1. The molecule has 2 rings (SSSR count). The van der Waals surface area contributed by atoms with Gasteiger partial charge in [0.2, 0.25) is 5.91 Å². The predicted molar refractivity (Wildman–Crippen MR) is 79.8 cm³/mol. The van der Waals surface area contributed by atoms with E-state index in [0.717, 1.165) is 18.4 Å². The first kappa shape index (κ1) is 17.6. The molecule has 0 spiro atoms. The molecule has 0 aromatic heterocycles. The van der Waals surface area contributed by atoms with Gasteiger partial charge < -0.3 is 10.5 Å². The number of primary amides is 1. The van der Waals surface area contributed by atoms with Crippen LogP contribution in [0.4, 0.5) is 13.2 Å². The van der Waals surface area contributed by atoms with E-state index in [1.807, 2.05) is 0 Å². The molecular weight excluding hydrogens is 309 g/mol. The zero-order valence-electron chi connectivity index (χ0n) is 13.0. The number of rotatable bonds is 5. The maximum Gasteiger partial charge on any atom is 0.422 e. The summed E-state index contributed by atoms with van der Waals surface area (Å²) in [6, 6.07) is 6.88. The number of benzene rings is 1. The fourth-order valence-corrected chi connectivity index (χ4v) is 2.72. The molecule has 7 heteroatoms. The third kappa shape index (κ3) is 5.42. The number of ether oxygens (including phenoxy) is 1. The molecule has 1 aliphatic rings. The number of alkyl halides is 3. The van der Waals surface area contributed by atoms with Crippen LogP contribution in [0.1, 0.15) is 25.3 Å². The van der Waals surface area contributed by atoms with Crippen LogP contribution in [0.25, 0.3) is 0 Å². The van der Waals surface area contributed by atoms with Gasteiger partial charge in [-0.15, -0.1) is 0 Å². The monoisotopic (exact) mass is 330 g/mol. The molecule has 1 heterocycles. The third-order valence-corrected chi connectivity index (χ3v) is 4.13. The zero-order valence-corrected chi connectivity index (χ0v) is 13.0. The minimum atomic E-state index is -4.34. The Kier molecular flexibility index (Phi) is 5.51. The lowest BCUT2D eigenvalue weighted by molar-refractivity contribution is -0.153. The van der Waals surface area contributed by atoms with Gasteiger partial charge in [-0.25, -0.2) is 0 Å². The summed E-state index contributed by atoms with van der Waals surface area (Å²) in [7, 11) is 0. The lowest BCUT2D eigenvalue weighted by Gasteiger charge is -2.36. The SMILES string of the molecule is C[C@@H]1CC[C@@H](C(N)=O)CN1Cc1ccc(OCC(F)(F)F)cc1. The number of amides is 1. The second-order valence-corrected chi connectivity index (χ2v) is 6.00. The van der Waals surface area contributed by atoms with Crippen LogP contribution in [0, 0.1) is 5.92 Å². The predicted octanol–water partition coefficient (Wildman–Crippen LogP) is 2.71. The van der Waals surface area contributed by atoms with Crippen LogP contribution in [0.15, 0.2) is 24.3 Å². The molecule has 4 nitrogen and oxygen atoms in total. The fraction of sp³-hybridized carbons (Fsp3) is 0.562. The third-order valence-electron chi connectivity index (χ3n) is 4.13. The van der Waals surface area contributed by atoms with Gasteiger partial charge in [-0.1, -0.05) is 12.1 Å². The minimum absolute atomic E-state index is 0.138. The Morgan fingerprint density at radius 2 is 1.96 bits per heavy atom. The molecule has 1 fully saturated rings. The molecule has 0 aliphatic carbocycles. The highest BCUT2D eigenvalue weighted by molar-refractivity contribution is 5.76. The summed E-state index contributed by atoms with van der Waals surface area (Å²) >= 11 is 0. The first-order valence-electron chi connectivity index (χ1n) is 7.56. The number of likely N-dealkylation sites (tertiary alicyclic amines) is 1. The molecule has 1 amide bonds. The second kappa shape index (κ2) is 7.21. The van der Waals surface area contributed by atoms with E-state index in [9.17, 15) is 18.0 Å². The van der Waals surface area contributed by atoms with E-state index in [2.05, 4.69) is 16.6 Å². The van der Waals surface area contributed by atoms with Crippen molar-refractivity contribution in [3.63, 3.8) is 0 Å². The lowest BCUT2D eigenvalue weighted by Crippen LogP contribution is -2.45. The highest BCUT2D eigenvalue weighted by Crippen LogP contribution is 2.24. The van der Waals surface area contributed by atoms with E-state index in [-0.39, 0.29) is 17.6 Å². The average molecular weight is 330 g/mol. The van der Waals surface area contributed by atoms with Gasteiger partial charge in [-0.3, -0.25) is 9.69 Å². The lowest BCUT2D eigenvalue weighted by atomic mass is 9.92. The molecule has 2 N–H and O–H groups in total. The first-order valence-corrected chi connectivity index (χ1v) is 7.56. The zero-order chi connectivity index (χ0) is 17.0. The molecule has 0 bridgehead atoms. The highest BCUT2D eigenvalue weighted by atomic mass is 19.4. The van der Waals surface area contributed by atoms with Gasteiger partial charge in [-0.2, -0.15) is 13.2 Å². The maximum absolute atomic E-state index is 12.1. The van der Waals surface area contributed by atoms with Crippen molar-refractivity contribution in [3.8, 4) is 5.75 Å². The van der Waals surface area contributed by atoms with Crippen molar-refractivity contribution in [2.75, 3.05) is 13.2 Å². The van der Waals surface area contributed by atoms with Gasteiger partial charge in [-0.05, 0) is 37.5 Å². The van der Waals surface area contributed by atoms with Gasteiger partial charge in [0, 0.05) is 19.1 Å². The maximum atomic E-state index is 12.1. The Hall–Kier alpha value is -1.76. The molecule has 1 aromatic rings. The average Bonchev–Trinajstić information content (AvgIpc) is 2.48. The minimum Gasteiger partial charge on any atom is -0.484 e. The van der Waals surface area contributed by atoms with E-state index in [1.54, 1.807) is 12.1 Å². The number of piperidine rings is 1. The Bertz CT molecular complexity index is 531. The standard InChI is InChI=1S/C16H21F3N2O2/c1-11-2-5-13(15(20)22)9-21(11)8-12-3-6-14(7-4-12)23-10-16(17,18)19/h3-4,6-7,11,13H,2,5,8-10H2,1H3,(H2,20,22)/t11-,13-/m1/s1. The number of halogens is 3. The largest absolute Gasteiger partial charge is 0.484 e. The number of carbonyl (C=O) groups is 1. The Labute approximate surface area is 133 Å². The smallest absolute Gasteiger partial charge is 0.422 e. The van der Waals surface area contributed by atoms with E-state index in [1.165, 1.54) is 12.1 Å². The summed E-state index contributed by atoms with van der Waals surface area (Å²) in [5.74, 6) is -0.230. The van der Waals surface area contributed by atoms with E-state index in [0.29, 0.717) is 19.1 Å². The number of nitrogens with zero attached hydrogens (tertiary/aromatic N) is 1. The molecule has 1 aromatic carbocycles. The van der Waals surface area contributed by atoms with Crippen LogP contribution in [0.5, 0.6) is 5.75 Å². The first-order chi connectivity index (χ1) is 10.7. The van der Waals surface area contributed by atoms with Gasteiger partial charge in [0.25, 0.3) is 0 Å². The normalized spacial score (nSPS) is 22.8. The van der Waals surface area contributed by atoms with Crippen LogP contribution in [-0.2, 0) is 11.3 Å². The van der Waals surface area contributed by atoms with Crippen molar-refractivity contribution in [1.29, 1.82) is 0 Å². The molecule has 1 aliphatic heterocycles. The van der Waals surface area contributed by atoms with Crippen molar-refractivity contribution < 1.29 is 22.7 Å². The van der Waals surface area contributed by atoms with Crippen LogP contribution in [-0.4, -0.2) is 36.2 Å². The molecule has 23 heavy (non-hydrogen) atoms. The van der Waals surface area contributed by atoms with Crippen LogP contribution >= 0.6 is 0 Å². The molecule has 1 saturated heterocycles. The van der Waals surface area contributed by atoms with Crippen molar-refractivity contribution >= 4 is 5.91 Å². The van der Waals surface area contributed by atoms with Gasteiger partial charge in [0.05, 0.1) is 5.92 Å². The summed E-state index contributed by atoms with van der Waals surface area (Å²) < 4.78 is 41.0. The Morgan fingerprint density at radius 3 is 2.52 bits per heavy atom. The summed E-state index contributed by atoms with van der Waals surface area (Å²) in [4.78, 5) is 13.5. The molecular formula is C16H21F3N2O2. The van der Waals surface area contributed by atoms with E-state index < -0.39 is 12.8 Å². The van der Waals surface area contributed by atoms with Crippen molar-refractivity contribution in [2.24, 2.45) is 11.7 Å². The topological polar surface area (TPSA) is 55.6 Å². The van der Waals surface area contributed by atoms with E-state index in [4.69, 9.17) is 5.73 Å². The van der Waals surface area contributed by atoms with Crippen LogP contribution in [0.3, 0.4) is 0 Å². The van der Waals surface area contributed by atoms with Crippen molar-refractivity contribution in [2.45, 2.75) is 38.5 Å². The number of hydrogen-bond donors (Lipinski definition) is 1. The Balaban J connectivity index is 1.93.